The second-order valence-corrected chi connectivity index (χ2v) is 7.08. The first-order valence-corrected chi connectivity index (χ1v) is 9.37. The predicted molar refractivity (Wildman–Crippen MR) is 104 cm³/mol. The van der Waals surface area contributed by atoms with E-state index in [1.54, 1.807) is 17.0 Å². The first-order valence-electron chi connectivity index (χ1n) is 9.37. The molecule has 0 aliphatic carbocycles. The smallest absolute Gasteiger partial charge is 0.251 e. The van der Waals surface area contributed by atoms with Gasteiger partial charge in [0, 0.05) is 25.1 Å². The molecule has 5 nitrogen and oxygen atoms in total. The third-order valence-electron chi connectivity index (χ3n) is 4.65. The van der Waals surface area contributed by atoms with E-state index in [-0.39, 0.29) is 24.0 Å². The van der Waals surface area contributed by atoms with Crippen molar-refractivity contribution in [2.75, 3.05) is 13.1 Å². The van der Waals surface area contributed by atoms with Gasteiger partial charge >= 0.3 is 0 Å². The first-order chi connectivity index (χ1) is 13.0. The van der Waals surface area contributed by atoms with E-state index in [0.29, 0.717) is 25.1 Å². The number of nitrogens with one attached hydrogen (secondary N) is 1. The highest BCUT2D eigenvalue weighted by atomic mass is 16.5. The molecule has 5 heteroatoms. The molecular weight excluding hydrogens is 340 g/mol. The lowest BCUT2D eigenvalue weighted by Gasteiger charge is -2.37. The lowest BCUT2D eigenvalue weighted by Crippen LogP contribution is -2.55. The van der Waals surface area contributed by atoms with Crippen LogP contribution in [0.5, 0.6) is 0 Å². The summed E-state index contributed by atoms with van der Waals surface area (Å²) in [5, 5.41) is 2.94. The number of nitrogens with zero attached hydrogens (tertiary/aromatic N) is 1. The maximum Gasteiger partial charge on any atom is 0.251 e. The second kappa shape index (κ2) is 8.82. The lowest BCUT2D eigenvalue weighted by atomic mass is 10.0. The van der Waals surface area contributed by atoms with Crippen molar-refractivity contribution in [1.82, 2.24) is 10.2 Å². The molecule has 1 saturated heterocycles. The number of morpholine rings is 1. The second-order valence-electron chi connectivity index (χ2n) is 7.08. The van der Waals surface area contributed by atoms with Crippen LogP contribution in [0.25, 0.3) is 0 Å². The lowest BCUT2D eigenvalue weighted by molar-refractivity contribution is -0.145. The molecule has 1 heterocycles. The van der Waals surface area contributed by atoms with Gasteiger partial charge in [0.25, 0.3) is 5.91 Å². The predicted octanol–water partition coefficient (Wildman–Crippen LogP) is 2.66. The molecule has 3 rings (SSSR count). The monoisotopic (exact) mass is 366 g/mol. The summed E-state index contributed by atoms with van der Waals surface area (Å²) in [5.74, 6) is -0.302. The summed E-state index contributed by atoms with van der Waals surface area (Å²) in [6.07, 6.45) is 0.429. The summed E-state index contributed by atoms with van der Waals surface area (Å²) in [7, 11) is 0. The molecule has 27 heavy (non-hydrogen) atoms. The van der Waals surface area contributed by atoms with E-state index in [9.17, 15) is 9.59 Å². The number of hydrogen-bond acceptors (Lipinski definition) is 3. The summed E-state index contributed by atoms with van der Waals surface area (Å²) in [6, 6.07) is 18.1. The van der Waals surface area contributed by atoms with Gasteiger partial charge in [-0.1, -0.05) is 48.5 Å². The fourth-order valence-corrected chi connectivity index (χ4v) is 3.46. The number of rotatable bonds is 5. The number of carbonyl (C=O) groups excluding carboxylic acids is 2. The molecule has 3 unspecified atom stereocenters. The van der Waals surface area contributed by atoms with Crippen molar-refractivity contribution in [1.29, 1.82) is 0 Å². The Morgan fingerprint density at radius 2 is 1.56 bits per heavy atom. The van der Waals surface area contributed by atoms with E-state index < -0.39 is 6.04 Å². The van der Waals surface area contributed by atoms with Crippen LogP contribution in [0.4, 0.5) is 0 Å². The zero-order valence-corrected chi connectivity index (χ0v) is 15.8. The zero-order valence-electron chi connectivity index (χ0n) is 15.8. The van der Waals surface area contributed by atoms with E-state index >= 15 is 0 Å². The molecule has 0 aromatic heterocycles. The zero-order chi connectivity index (χ0) is 19.2. The van der Waals surface area contributed by atoms with Crippen LogP contribution >= 0.6 is 0 Å². The third-order valence-corrected chi connectivity index (χ3v) is 4.65. The van der Waals surface area contributed by atoms with Crippen molar-refractivity contribution in [3.63, 3.8) is 0 Å². The number of hydrogen-bond donors (Lipinski definition) is 1. The van der Waals surface area contributed by atoms with Crippen LogP contribution in [-0.2, 0) is 16.0 Å². The number of ether oxygens (including phenoxy) is 1. The van der Waals surface area contributed by atoms with Crippen LogP contribution in [0.2, 0.25) is 0 Å². The van der Waals surface area contributed by atoms with Gasteiger partial charge in [-0.2, -0.15) is 0 Å². The molecular formula is C22H26N2O3. The number of amides is 2. The van der Waals surface area contributed by atoms with E-state index in [1.165, 1.54) is 0 Å². The molecule has 2 amide bonds. The van der Waals surface area contributed by atoms with Crippen molar-refractivity contribution >= 4 is 11.8 Å². The maximum absolute atomic E-state index is 13.2. The van der Waals surface area contributed by atoms with E-state index in [1.807, 2.05) is 62.4 Å². The quantitative estimate of drug-likeness (QED) is 0.885. The summed E-state index contributed by atoms with van der Waals surface area (Å²) in [4.78, 5) is 27.7. The average Bonchev–Trinajstić information content (AvgIpc) is 2.67. The van der Waals surface area contributed by atoms with Crippen LogP contribution in [0.3, 0.4) is 0 Å². The Morgan fingerprint density at radius 3 is 2.15 bits per heavy atom. The summed E-state index contributed by atoms with van der Waals surface area (Å²) < 4.78 is 5.73. The topological polar surface area (TPSA) is 58.6 Å². The van der Waals surface area contributed by atoms with Crippen LogP contribution in [0.15, 0.2) is 60.7 Å². The average molecular weight is 366 g/mol. The highest BCUT2D eigenvalue weighted by Gasteiger charge is 2.31. The standard InChI is InChI=1S/C22H26N2O3/c1-16-14-24(15-17(2)27-16)22(26)20(13-18-9-5-3-6-10-18)23-21(25)19-11-7-4-8-12-19/h3-12,16-17,20H,13-15H2,1-2H3,(H,23,25). The van der Waals surface area contributed by atoms with Gasteiger partial charge in [0.1, 0.15) is 6.04 Å². The van der Waals surface area contributed by atoms with Gasteiger partial charge in [0.2, 0.25) is 5.91 Å². The Labute approximate surface area is 160 Å². The minimum absolute atomic E-state index is 0.0140. The summed E-state index contributed by atoms with van der Waals surface area (Å²) in [6.45, 7) is 5.00. The molecule has 0 bridgehead atoms. The van der Waals surface area contributed by atoms with Crippen LogP contribution < -0.4 is 5.32 Å². The van der Waals surface area contributed by atoms with Gasteiger partial charge in [-0.25, -0.2) is 0 Å². The molecule has 142 valence electrons. The Morgan fingerprint density at radius 1 is 1.00 bits per heavy atom. The van der Waals surface area contributed by atoms with Crippen molar-refractivity contribution in [3.05, 3.63) is 71.8 Å². The van der Waals surface area contributed by atoms with Gasteiger partial charge in [-0.05, 0) is 31.5 Å². The van der Waals surface area contributed by atoms with Gasteiger partial charge in [0.05, 0.1) is 12.2 Å². The molecule has 1 aliphatic rings. The molecule has 1 fully saturated rings. The van der Waals surface area contributed by atoms with Crippen LogP contribution in [0.1, 0.15) is 29.8 Å². The minimum atomic E-state index is -0.613. The van der Waals surface area contributed by atoms with Crippen molar-refractivity contribution in [2.45, 2.75) is 38.5 Å². The first kappa shape index (κ1) is 19.1. The van der Waals surface area contributed by atoms with Gasteiger partial charge in [-0.15, -0.1) is 0 Å². The Bertz CT molecular complexity index is 754. The molecule has 3 atom stereocenters. The summed E-state index contributed by atoms with van der Waals surface area (Å²) in [5.41, 5.74) is 1.56. The highest BCUT2D eigenvalue weighted by molar-refractivity contribution is 5.97. The molecule has 2 aromatic carbocycles. The van der Waals surface area contributed by atoms with Gasteiger partial charge < -0.3 is 15.0 Å². The number of benzene rings is 2. The molecule has 1 aliphatic heterocycles. The fraction of sp³-hybridized carbons (Fsp3) is 0.364. The van der Waals surface area contributed by atoms with Crippen LogP contribution in [-0.4, -0.2) is 48.1 Å². The van der Waals surface area contributed by atoms with Gasteiger partial charge in [0.15, 0.2) is 0 Å². The maximum atomic E-state index is 13.2. The Hall–Kier alpha value is -2.66. The van der Waals surface area contributed by atoms with Crippen molar-refractivity contribution in [2.24, 2.45) is 0 Å². The van der Waals surface area contributed by atoms with E-state index in [0.717, 1.165) is 5.56 Å². The largest absolute Gasteiger partial charge is 0.372 e. The molecule has 1 N–H and O–H groups in total. The van der Waals surface area contributed by atoms with Crippen LogP contribution in [0, 0.1) is 0 Å². The number of carbonyl (C=O) groups is 2. The van der Waals surface area contributed by atoms with Gasteiger partial charge in [-0.3, -0.25) is 9.59 Å². The minimum Gasteiger partial charge on any atom is -0.372 e. The third kappa shape index (κ3) is 5.17. The fourth-order valence-electron chi connectivity index (χ4n) is 3.46. The summed E-state index contributed by atoms with van der Waals surface area (Å²) >= 11 is 0. The van der Waals surface area contributed by atoms with Crippen molar-refractivity contribution < 1.29 is 14.3 Å². The SMILES string of the molecule is CC1CN(C(=O)C(Cc2ccccc2)NC(=O)c2ccccc2)CC(C)O1. The molecule has 0 radical (unpaired) electrons. The van der Waals surface area contributed by atoms with Crippen molar-refractivity contribution in [3.8, 4) is 0 Å². The molecule has 2 aromatic rings. The normalized spacial score (nSPS) is 20.7. The molecule has 0 saturated carbocycles. The molecule has 0 spiro atoms. The Balaban J connectivity index is 1.78. The highest BCUT2D eigenvalue weighted by Crippen LogP contribution is 2.14. The van der Waals surface area contributed by atoms with E-state index in [2.05, 4.69) is 5.32 Å². The Kier molecular flexibility index (Phi) is 6.24. The van der Waals surface area contributed by atoms with E-state index in [4.69, 9.17) is 4.74 Å².